The summed E-state index contributed by atoms with van der Waals surface area (Å²) in [5.41, 5.74) is 2.64. The molecule has 2 saturated heterocycles. The molecule has 2 aliphatic heterocycles. The molecule has 0 atom stereocenters. The van der Waals surface area contributed by atoms with Gasteiger partial charge in [0, 0.05) is 64.5 Å². The first-order valence-corrected chi connectivity index (χ1v) is 9.88. The number of benzene rings is 1. The van der Waals surface area contributed by atoms with E-state index < -0.39 is 0 Å². The van der Waals surface area contributed by atoms with Gasteiger partial charge in [-0.15, -0.1) is 0 Å². The zero-order valence-electron chi connectivity index (χ0n) is 17.5. The van der Waals surface area contributed by atoms with Crippen LogP contribution in [-0.2, 0) is 6.54 Å². The molecule has 6 heteroatoms. The largest absolute Gasteiger partial charge is 0.496 e. The van der Waals surface area contributed by atoms with Crippen molar-refractivity contribution >= 4 is 6.03 Å². The van der Waals surface area contributed by atoms with Crippen molar-refractivity contribution in [1.29, 1.82) is 0 Å². The van der Waals surface area contributed by atoms with E-state index in [-0.39, 0.29) is 11.6 Å². The zero-order valence-corrected chi connectivity index (χ0v) is 17.5. The van der Waals surface area contributed by atoms with Crippen molar-refractivity contribution in [3.05, 3.63) is 29.3 Å². The van der Waals surface area contributed by atoms with E-state index in [1.54, 1.807) is 12.0 Å². The number of aryl methyl sites for hydroxylation is 1. The number of likely N-dealkylation sites (N-methyl/N-ethyl adjacent to an activating group) is 1. The monoisotopic (exact) mass is 374 g/mol. The molecular weight excluding hydrogens is 340 g/mol. The Labute approximate surface area is 163 Å². The topological polar surface area (TPSA) is 39.3 Å². The first kappa shape index (κ1) is 20.0. The maximum atomic E-state index is 12.3. The van der Waals surface area contributed by atoms with E-state index in [0.717, 1.165) is 57.9 Å². The molecule has 2 aliphatic rings. The quantitative estimate of drug-likeness (QED) is 0.814. The third kappa shape index (κ3) is 4.22. The Morgan fingerprint density at radius 2 is 1.89 bits per heavy atom. The molecule has 0 aromatic heterocycles. The molecule has 2 heterocycles. The number of nitrogens with zero attached hydrogens (tertiary/aromatic N) is 4. The molecule has 0 radical (unpaired) electrons. The lowest BCUT2D eigenvalue weighted by Crippen LogP contribution is -2.64. The lowest BCUT2D eigenvalue weighted by atomic mass is 9.83. The first-order valence-electron chi connectivity index (χ1n) is 9.88. The molecule has 6 nitrogen and oxygen atoms in total. The summed E-state index contributed by atoms with van der Waals surface area (Å²) in [5, 5.41) is 0. The van der Waals surface area contributed by atoms with Crippen LogP contribution in [0.3, 0.4) is 0 Å². The molecule has 2 amide bonds. The number of rotatable bonds is 3. The maximum Gasteiger partial charge on any atom is 0.319 e. The SMILES string of the molecule is COc1cc(C)ccc1CN1CCN(C)C2(CCN(C(=O)N(C)C)CC2)C1. The minimum Gasteiger partial charge on any atom is -0.496 e. The number of piperazine rings is 1. The molecular formula is C21H34N4O2. The van der Waals surface area contributed by atoms with Gasteiger partial charge in [0.05, 0.1) is 7.11 Å². The van der Waals surface area contributed by atoms with E-state index in [0.29, 0.717) is 0 Å². The summed E-state index contributed by atoms with van der Waals surface area (Å²) in [4.78, 5) is 21.0. The summed E-state index contributed by atoms with van der Waals surface area (Å²) in [7, 11) is 7.65. The highest BCUT2D eigenvalue weighted by Crippen LogP contribution is 2.33. The lowest BCUT2D eigenvalue weighted by Gasteiger charge is -2.53. The van der Waals surface area contributed by atoms with Crippen LogP contribution in [-0.4, -0.2) is 92.1 Å². The fourth-order valence-electron chi connectivity index (χ4n) is 4.44. The summed E-state index contributed by atoms with van der Waals surface area (Å²) in [6.45, 7) is 7.86. The van der Waals surface area contributed by atoms with Gasteiger partial charge in [0.15, 0.2) is 0 Å². The number of carbonyl (C=O) groups is 1. The average Bonchev–Trinajstić information content (AvgIpc) is 2.66. The number of methoxy groups -OCH3 is 1. The van der Waals surface area contributed by atoms with Crippen molar-refractivity contribution in [1.82, 2.24) is 19.6 Å². The van der Waals surface area contributed by atoms with Crippen molar-refractivity contribution in [3.8, 4) is 5.75 Å². The first-order chi connectivity index (χ1) is 12.8. The van der Waals surface area contributed by atoms with Gasteiger partial charge in [0.25, 0.3) is 0 Å². The van der Waals surface area contributed by atoms with Crippen molar-refractivity contribution in [2.45, 2.75) is 31.8 Å². The second-order valence-electron chi connectivity index (χ2n) is 8.34. The van der Waals surface area contributed by atoms with E-state index in [9.17, 15) is 4.79 Å². The number of hydrogen-bond acceptors (Lipinski definition) is 4. The van der Waals surface area contributed by atoms with Gasteiger partial charge in [0.1, 0.15) is 5.75 Å². The van der Waals surface area contributed by atoms with Gasteiger partial charge >= 0.3 is 6.03 Å². The smallest absolute Gasteiger partial charge is 0.319 e. The summed E-state index contributed by atoms with van der Waals surface area (Å²) in [6, 6.07) is 6.60. The van der Waals surface area contributed by atoms with Gasteiger partial charge in [-0.3, -0.25) is 9.80 Å². The zero-order chi connectivity index (χ0) is 19.6. The molecule has 1 aromatic rings. The van der Waals surface area contributed by atoms with Crippen molar-refractivity contribution < 1.29 is 9.53 Å². The van der Waals surface area contributed by atoms with Crippen LogP contribution in [0.2, 0.25) is 0 Å². The summed E-state index contributed by atoms with van der Waals surface area (Å²) in [5.74, 6) is 0.981. The number of urea groups is 1. The summed E-state index contributed by atoms with van der Waals surface area (Å²) < 4.78 is 5.60. The van der Waals surface area contributed by atoms with Crippen molar-refractivity contribution in [2.75, 3.05) is 61.0 Å². The van der Waals surface area contributed by atoms with Crippen LogP contribution in [0.1, 0.15) is 24.0 Å². The standard InChI is InChI=1S/C21H34N4O2/c1-17-6-7-18(19(14-17)27-5)15-24-13-12-23(4)21(16-24)8-10-25(11-9-21)20(26)22(2)3/h6-7,14H,8-13,15-16H2,1-5H3. The Morgan fingerprint density at radius 1 is 1.19 bits per heavy atom. The molecule has 0 aliphatic carbocycles. The molecule has 0 bridgehead atoms. The Hall–Kier alpha value is -1.79. The highest BCUT2D eigenvalue weighted by molar-refractivity contribution is 5.73. The number of likely N-dealkylation sites (tertiary alicyclic amines) is 1. The van der Waals surface area contributed by atoms with E-state index >= 15 is 0 Å². The molecule has 150 valence electrons. The second-order valence-corrected chi connectivity index (χ2v) is 8.34. The fourth-order valence-corrected chi connectivity index (χ4v) is 4.44. The third-order valence-electron chi connectivity index (χ3n) is 6.26. The van der Waals surface area contributed by atoms with Crippen LogP contribution in [0.5, 0.6) is 5.75 Å². The summed E-state index contributed by atoms with van der Waals surface area (Å²) >= 11 is 0. The predicted molar refractivity (Wildman–Crippen MR) is 108 cm³/mol. The van der Waals surface area contributed by atoms with Gasteiger partial charge in [-0.1, -0.05) is 12.1 Å². The third-order valence-corrected chi connectivity index (χ3v) is 6.26. The molecule has 1 spiro atoms. The molecule has 0 unspecified atom stereocenters. The van der Waals surface area contributed by atoms with Crippen LogP contribution in [0.25, 0.3) is 0 Å². The second kappa shape index (κ2) is 8.07. The predicted octanol–water partition coefficient (Wildman–Crippen LogP) is 2.27. The average molecular weight is 375 g/mol. The fraction of sp³-hybridized carbons (Fsp3) is 0.667. The molecule has 27 heavy (non-hydrogen) atoms. The highest BCUT2D eigenvalue weighted by atomic mass is 16.5. The van der Waals surface area contributed by atoms with Crippen molar-refractivity contribution in [2.24, 2.45) is 0 Å². The van der Waals surface area contributed by atoms with Gasteiger partial charge in [-0.2, -0.15) is 0 Å². The molecule has 0 N–H and O–H groups in total. The van der Waals surface area contributed by atoms with Crippen LogP contribution in [0.15, 0.2) is 18.2 Å². The summed E-state index contributed by atoms with van der Waals surface area (Å²) in [6.07, 6.45) is 2.06. The molecule has 0 saturated carbocycles. The van der Waals surface area contributed by atoms with E-state index in [2.05, 4.69) is 42.0 Å². The van der Waals surface area contributed by atoms with E-state index in [4.69, 9.17) is 4.74 Å². The number of ether oxygens (including phenoxy) is 1. The van der Waals surface area contributed by atoms with E-state index in [1.807, 2.05) is 19.0 Å². The molecule has 3 rings (SSSR count). The van der Waals surface area contributed by atoms with Gasteiger partial charge in [0.2, 0.25) is 0 Å². The highest BCUT2D eigenvalue weighted by Gasteiger charge is 2.43. The maximum absolute atomic E-state index is 12.3. The van der Waals surface area contributed by atoms with Crippen LogP contribution in [0, 0.1) is 6.92 Å². The Morgan fingerprint density at radius 3 is 2.52 bits per heavy atom. The Bertz CT molecular complexity index is 668. The number of piperidine rings is 1. The number of hydrogen-bond donors (Lipinski definition) is 0. The van der Waals surface area contributed by atoms with E-state index in [1.165, 1.54) is 11.1 Å². The number of carbonyl (C=O) groups excluding carboxylic acids is 1. The minimum absolute atomic E-state index is 0.129. The van der Waals surface area contributed by atoms with Gasteiger partial charge in [-0.05, 0) is 38.4 Å². The normalized spacial score (nSPS) is 20.7. The van der Waals surface area contributed by atoms with Crippen LogP contribution < -0.4 is 4.74 Å². The molecule has 1 aromatic carbocycles. The van der Waals surface area contributed by atoms with Crippen LogP contribution in [0.4, 0.5) is 4.79 Å². The Balaban J connectivity index is 1.67. The van der Waals surface area contributed by atoms with Gasteiger partial charge in [-0.25, -0.2) is 4.79 Å². The van der Waals surface area contributed by atoms with Crippen molar-refractivity contribution in [3.63, 3.8) is 0 Å². The number of amides is 2. The lowest BCUT2D eigenvalue weighted by molar-refractivity contribution is -0.0248. The van der Waals surface area contributed by atoms with Gasteiger partial charge < -0.3 is 14.5 Å². The van der Waals surface area contributed by atoms with Crippen LogP contribution >= 0.6 is 0 Å². The molecule has 2 fully saturated rings. The Kier molecular flexibility index (Phi) is 5.96. The minimum atomic E-state index is 0.129.